The number of carbonyl (C=O) groups is 1. The van der Waals surface area contributed by atoms with E-state index in [1.807, 2.05) is 6.07 Å². The first-order valence-electron chi connectivity index (χ1n) is 4.96. The van der Waals surface area contributed by atoms with Gasteiger partial charge in [0.15, 0.2) is 0 Å². The number of benzene rings is 1. The number of non-ortho nitro benzene ring substituents is 1. The molecule has 0 bridgehead atoms. The van der Waals surface area contributed by atoms with Crippen LogP contribution in [0.3, 0.4) is 0 Å². The van der Waals surface area contributed by atoms with Crippen LogP contribution in [0.25, 0.3) is 0 Å². The fraction of sp³-hybridized carbons (Fsp3) is 0.273. The highest BCUT2D eigenvalue weighted by Gasteiger charge is 2.12. The third-order valence-electron chi connectivity index (χ3n) is 2.06. The molecule has 0 radical (unpaired) electrons. The van der Waals surface area contributed by atoms with E-state index in [1.165, 1.54) is 12.1 Å². The van der Waals surface area contributed by atoms with Crippen molar-refractivity contribution < 1.29 is 9.72 Å². The molecule has 0 aliphatic rings. The maximum Gasteiger partial charge on any atom is 0.270 e. The van der Waals surface area contributed by atoms with Crippen LogP contribution < -0.4 is 5.32 Å². The summed E-state index contributed by atoms with van der Waals surface area (Å²) in [6, 6.07) is 6.07. The third-order valence-corrected chi connectivity index (χ3v) is 2.06. The lowest BCUT2D eigenvalue weighted by Gasteiger charge is -2.03. The molecule has 17 heavy (non-hydrogen) atoms. The maximum atomic E-state index is 11.6. The second-order valence-electron chi connectivity index (χ2n) is 3.48. The minimum Gasteiger partial charge on any atom is -0.351 e. The Labute approximate surface area is 98.0 Å². The first-order valence-corrected chi connectivity index (χ1v) is 4.96. The van der Waals surface area contributed by atoms with Crippen molar-refractivity contribution in [3.05, 3.63) is 39.4 Å². The molecule has 0 aliphatic heterocycles. The number of nitrogens with zero attached hydrogens (tertiary/aromatic N) is 2. The van der Waals surface area contributed by atoms with Crippen molar-refractivity contribution in [2.24, 2.45) is 0 Å². The largest absolute Gasteiger partial charge is 0.351 e. The Balaban J connectivity index is 2.87. The standard InChI is InChI=1S/C11H11N3O3/c1-8-5-9(7-10(6-8)14(16)17)11(15)13-4-2-3-12/h5-7H,2,4H2,1H3,(H,13,15). The molecule has 0 fully saturated rings. The van der Waals surface area contributed by atoms with E-state index < -0.39 is 10.8 Å². The average Bonchev–Trinajstić information content (AvgIpc) is 2.28. The second-order valence-corrected chi connectivity index (χ2v) is 3.48. The van der Waals surface area contributed by atoms with E-state index >= 15 is 0 Å². The molecule has 0 aliphatic carbocycles. The molecule has 88 valence electrons. The third kappa shape index (κ3) is 3.57. The van der Waals surface area contributed by atoms with E-state index in [4.69, 9.17) is 5.26 Å². The molecule has 0 saturated carbocycles. The van der Waals surface area contributed by atoms with E-state index in [0.29, 0.717) is 5.56 Å². The maximum absolute atomic E-state index is 11.6. The van der Waals surface area contributed by atoms with E-state index in [9.17, 15) is 14.9 Å². The van der Waals surface area contributed by atoms with E-state index in [1.54, 1.807) is 13.0 Å². The molecule has 1 amide bonds. The molecule has 1 aromatic carbocycles. The molecular formula is C11H11N3O3. The van der Waals surface area contributed by atoms with Crippen LogP contribution in [0.4, 0.5) is 5.69 Å². The summed E-state index contributed by atoms with van der Waals surface area (Å²) in [5.41, 5.74) is 0.759. The van der Waals surface area contributed by atoms with Gasteiger partial charge in [-0.3, -0.25) is 14.9 Å². The molecule has 0 spiro atoms. The molecule has 0 saturated heterocycles. The number of nitro groups is 1. The van der Waals surface area contributed by atoms with Gasteiger partial charge in [-0.05, 0) is 18.6 Å². The van der Waals surface area contributed by atoms with Gasteiger partial charge in [-0.15, -0.1) is 0 Å². The Morgan fingerprint density at radius 2 is 2.24 bits per heavy atom. The molecule has 0 atom stereocenters. The quantitative estimate of drug-likeness (QED) is 0.484. The molecule has 6 nitrogen and oxygen atoms in total. The number of amides is 1. The number of nitrogens with one attached hydrogen (secondary N) is 1. The zero-order valence-electron chi connectivity index (χ0n) is 9.27. The second kappa shape index (κ2) is 5.61. The van der Waals surface area contributed by atoms with Crippen LogP contribution in [0.15, 0.2) is 18.2 Å². The fourth-order valence-electron chi connectivity index (χ4n) is 1.33. The Kier molecular flexibility index (Phi) is 4.17. The van der Waals surface area contributed by atoms with Gasteiger partial charge in [0.1, 0.15) is 0 Å². The normalized spacial score (nSPS) is 9.41. The summed E-state index contributed by atoms with van der Waals surface area (Å²) in [5, 5.41) is 21.4. The highest BCUT2D eigenvalue weighted by atomic mass is 16.6. The van der Waals surface area contributed by atoms with Crippen molar-refractivity contribution in [3.63, 3.8) is 0 Å². The summed E-state index contributed by atoms with van der Waals surface area (Å²) in [5.74, 6) is -0.410. The van der Waals surface area contributed by atoms with Gasteiger partial charge in [0.05, 0.1) is 17.4 Å². The van der Waals surface area contributed by atoms with Crippen molar-refractivity contribution >= 4 is 11.6 Å². The van der Waals surface area contributed by atoms with Crippen LogP contribution in [0.5, 0.6) is 0 Å². The summed E-state index contributed by atoms with van der Waals surface area (Å²) in [6.07, 6.45) is 0.208. The SMILES string of the molecule is Cc1cc(C(=O)NCCC#N)cc([N+](=O)[O-])c1. The molecule has 0 aromatic heterocycles. The van der Waals surface area contributed by atoms with Crippen molar-refractivity contribution in [3.8, 4) is 6.07 Å². The van der Waals surface area contributed by atoms with Gasteiger partial charge in [-0.25, -0.2) is 0 Å². The van der Waals surface area contributed by atoms with Crippen LogP contribution in [0.2, 0.25) is 0 Å². The Hall–Kier alpha value is -2.42. The summed E-state index contributed by atoms with van der Waals surface area (Å²) in [7, 11) is 0. The first-order chi connectivity index (χ1) is 8.04. The van der Waals surface area contributed by atoms with Gasteiger partial charge in [0, 0.05) is 24.2 Å². The lowest BCUT2D eigenvalue weighted by molar-refractivity contribution is -0.384. The zero-order valence-corrected chi connectivity index (χ0v) is 9.27. The molecule has 1 aromatic rings. The highest BCUT2D eigenvalue weighted by Crippen LogP contribution is 2.16. The van der Waals surface area contributed by atoms with Gasteiger partial charge < -0.3 is 5.32 Å². The number of hydrogen-bond donors (Lipinski definition) is 1. The Morgan fingerprint density at radius 1 is 1.53 bits per heavy atom. The van der Waals surface area contributed by atoms with Crippen molar-refractivity contribution in [2.75, 3.05) is 6.54 Å². The van der Waals surface area contributed by atoms with Crippen molar-refractivity contribution in [1.29, 1.82) is 5.26 Å². The predicted molar refractivity (Wildman–Crippen MR) is 60.4 cm³/mol. The van der Waals surface area contributed by atoms with Crippen molar-refractivity contribution in [1.82, 2.24) is 5.32 Å². The van der Waals surface area contributed by atoms with Gasteiger partial charge in [0.25, 0.3) is 11.6 Å². The lowest BCUT2D eigenvalue weighted by atomic mass is 10.1. The first kappa shape index (κ1) is 12.6. The number of carbonyl (C=O) groups excluding carboxylic acids is 1. The summed E-state index contributed by atoms with van der Waals surface area (Å²) in [6.45, 7) is 1.91. The fourth-order valence-corrected chi connectivity index (χ4v) is 1.33. The van der Waals surface area contributed by atoms with Crippen LogP contribution in [0.1, 0.15) is 22.3 Å². The van der Waals surface area contributed by atoms with E-state index in [0.717, 1.165) is 0 Å². The molecule has 6 heteroatoms. The predicted octanol–water partition coefficient (Wildman–Crippen LogP) is 1.55. The lowest BCUT2D eigenvalue weighted by Crippen LogP contribution is -2.24. The molecule has 0 unspecified atom stereocenters. The van der Waals surface area contributed by atoms with Crippen molar-refractivity contribution in [2.45, 2.75) is 13.3 Å². The minimum atomic E-state index is -0.543. The number of rotatable bonds is 4. The van der Waals surface area contributed by atoms with Gasteiger partial charge in [0.2, 0.25) is 0 Å². The molecular weight excluding hydrogens is 222 g/mol. The number of nitro benzene ring substituents is 1. The average molecular weight is 233 g/mol. The summed E-state index contributed by atoms with van der Waals surface area (Å²) < 4.78 is 0. The van der Waals surface area contributed by atoms with Gasteiger partial charge in [-0.2, -0.15) is 5.26 Å². The highest BCUT2D eigenvalue weighted by molar-refractivity contribution is 5.95. The Morgan fingerprint density at radius 3 is 2.82 bits per heavy atom. The molecule has 1 N–H and O–H groups in total. The molecule has 1 rings (SSSR count). The summed E-state index contributed by atoms with van der Waals surface area (Å²) >= 11 is 0. The molecule has 0 heterocycles. The van der Waals surface area contributed by atoms with Crippen LogP contribution >= 0.6 is 0 Å². The van der Waals surface area contributed by atoms with Crippen LogP contribution in [-0.4, -0.2) is 17.4 Å². The van der Waals surface area contributed by atoms with E-state index in [-0.39, 0.29) is 24.2 Å². The monoisotopic (exact) mass is 233 g/mol. The summed E-state index contributed by atoms with van der Waals surface area (Å²) in [4.78, 5) is 21.7. The van der Waals surface area contributed by atoms with Gasteiger partial charge >= 0.3 is 0 Å². The zero-order chi connectivity index (χ0) is 12.8. The number of nitriles is 1. The van der Waals surface area contributed by atoms with Crippen LogP contribution in [-0.2, 0) is 0 Å². The number of aryl methyl sites for hydroxylation is 1. The van der Waals surface area contributed by atoms with Crippen LogP contribution in [0, 0.1) is 28.4 Å². The Bertz CT molecular complexity index is 491. The smallest absolute Gasteiger partial charge is 0.270 e. The topological polar surface area (TPSA) is 96.0 Å². The number of hydrogen-bond acceptors (Lipinski definition) is 4. The van der Waals surface area contributed by atoms with E-state index in [2.05, 4.69) is 5.32 Å². The van der Waals surface area contributed by atoms with Gasteiger partial charge in [-0.1, -0.05) is 0 Å². The minimum absolute atomic E-state index is 0.115.